The van der Waals surface area contributed by atoms with Crippen LogP contribution < -0.4 is 14.2 Å². The molecule has 1 aromatic heterocycles. The Balaban J connectivity index is 2.07. The quantitative estimate of drug-likeness (QED) is 0.843. The molecule has 1 N–H and O–H groups in total. The summed E-state index contributed by atoms with van der Waals surface area (Å²) in [6.07, 6.45) is 0.475. The topological polar surface area (TPSA) is 74.0 Å². The highest BCUT2D eigenvalue weighted by Crippen LogP contribution is 2.28. The van der Waals surface area contributed by atoms with Crippen molar-refractivity contribution in [1.82, 2.24) is 4.98 Å². The number of nitrogens with zero attached hydrogens (tertiary/aromatic N) is 1. The molecule has 114 valence electrons. The first-order chi connectivity index (χ1) is 10.2. The normalized spacial score (nSPS) is 10.5. The van der Waals surface area contributed by atoms with Crippen molar-refractivity contribution in [3.63, 3.8) is 0 Å². The average molecular weight is 293 g/mol. The molecular weight excluding hydrogens is 274 g/mol. The van der Waals surface area contributed by atoms with Gasteiger partial charge in [0.2, 0.25) is 5.89 Å². The van der Waals surface area contributed by atoms with Crippen molar-refractivity contribution >= 4 is 0 Å². The van der Waals surface area contributed by atoms with Crippen LogP contribution in [0.2, 0.25) is 0 Å². The van der Waals surface area contributed by atoms with Crippen molar-refractivity contribution in [1.29, 1.82) is 0 Å². The summed E-state index contributed by atoms with van der Waals surface area (Å²) in [5.74, 6) is 3.07. The van der Waals surface area contributed by atoms with Crippen LogP contribution in [0.3, 0.4) is 0 Å². The first kappa shape index (κ1) is 15.2. The maximum absolute atomic E-state index is 8.94. The highest BCUT2D eigenvalue weighted by molar-refractivity contribution is 5.42. The molecule has 0 bridgehead atoms. The van der Waals surface area contributed by atoms with Crippen LogP contribution >= 0.6 is 0 Å². The lowest BCUT2D eigenvalue weighted by Crippen LogP contribution is -1.98. The molecule has 0 atom stereocenters. The van der Waals surface area contributed by atoms with Crippen molar-refractivity contribution in [2.75, 3.05) is 20.8 Å². The smallest absolute Gasteiger partial charge is 0.232 e. The van der Waals surface area contributed by atoms with Crippen LogP contribution in [0.25, 0.3) is 0 Å². The molecule has 0 radical (unpaired) electrons. The van der Waals surface area contributed by atoms with E-state index in [1.807, 2.05) is 6.92 Å². The van der Waals surface area contributed by atoms with Crippen LogP contribution in [0.1, 0.15) is 17.3 Å². The number of ether oxygens (including phenoxy) is 3. The number of hydrogen-bond donors (Lipinski definition) is 1. The Morgan fingerprint density at radius 2 is 1.71 bits per heavy atom. The Morgan fingerprint density at radius 1 is 1.10 bits per heavy atom. The average Bonchev–Trinajstić information content (AvgIpc) is 2.85. The van der Waals surface area contributed by atoms with Gasteiger partial charge in [-0.25, -0.2) is 4.98 Å². The highest BCUT2D eigenvalue weighted by Gasteiger charge is 2.10. The molecule has 0 saturated carbocycles. The fraction of sp³-hybridized carbons (Fsp3) is 0.400. The minimum absolute atomic E-state index is 0.0424. The molecule has 0 saturated heterocycles. The summed E-state index contributed by atoms with van der Waals surface area (Å²) in [6.45, 7) is 2.05. The predicted octanol–water partition coefficient (Wildman–Crippen LogP) is 2.11. The van der Waals surface area contributed by atoms with E-state index in [1.54, 1.807) is 32.4 Å². The third kappa shape index (κ3) is 3.88. The minimum atomic E-state index is 0.0424. The van der Waals surface area contributed by atoms with E-state index in [4.69, 9.17) is 23.7 Å². The van der Waals surface area contributed by atoms with E-state index < -0.39 is 0 Å². The monoisotopic (exact) mass is 293 g/mol. The number of oxazole rings is 1. The molecule has 0 fully saturated rings. The van der Waals surface area contributed by atoms with Crippen LogP contribution in [0.4, 0.5) is 0 Å². The van der Waals surface area contributed by atoms with Gasteiger partial charge in [-0.1, -0.05) is 0 Å². The van der Waals surface area contributed by atoms with Gasteiger partial charge in [0.1, 0.15) is 23.0 Å². The van der Waals surface area contributed by atoms with Gasteiger partial charge in [-0.05, 0) is 6.92 Å². The lowest BCUT2D eigenvalue weighted by atomic mass is 10.3. The van der Waals surface area contributed by atoms with Crippen molar-refractivity contribution in [2.45, 2.75) is 20.0 Å². The van der Waals surface area contributed by atoms with Gasteiger partial charge in [-0.15, -0.1) is 0 Å². The molecule has 6 nitrogen and oxygen atoms in total. The Labute approximate surface area is 123 Å². The van der Waals surface area contributed by atoms with Gasteiger partial charge in [0.25, 0.3) is 0 Å². The summed E-state index contributed by atoms with van der Waals surface area (Å²) < 4.78 is 21.5. The lowest BCUT2D eigenvalue weighted by Gasteiger charge is -2.08. The van der Waals surface area contributed by atoms with Crippen molar-refractivity contribution in [2.24, 2.45) is 0 Å². The SMILES string of the molecule is COc1cc(OC)cc(OCc2nc(CCO)c(C)o2)c1. The maximum atomic E-state index is 8.94. The van der Waals surface area contributed by atoms with E-state index in [2.05, 4.69) is 4.98 Å². The van der Waals surface area contributed by atoms with Crippen LogP contribution in [-0.4, -0.2) is 30.9 Å². The van der Waals surface area contributed by atoms with Crippen LogP contribution in [-0.2, 0) is 13.0 Å². The number of hydrogen-bond acceptors (Lipinski definition) is 6. The van der Waals surface area contributed by atoms with E-state index in [9.17, 15) is 0 Å². The first-order valence-electron chi connectivity index (χ1n) is 6.58. The number of aliphatic hydroxyl groups excluding tert-OH is 1. The minimum Gasteiger partial charge on any atom is -0.496 e. The second kappa shape index (κ2) is 6.99. The van der Waals surface area contributed by atoms with Gasteiger partial charge in [-0.2, -0.15) is 0 Å². The third-order valence-corrected chi connectivity index (χ3v) is 2.97. The largest absolute Gasteiger partial charge is 0.496 e. The zero-order valence-corrected chi connectivity index (χ0v) is 12.4. The highest BCUT2D eigenvalue weighted by atomic mass is 16.5. The van der Waals surface area contributed by atoms with Gasteiger partial charge in [0.05, 0.1) is 19.9 Å². The Kier molecular flexibility index (Phi) is 5.05. The van der Waals surface area contributed by atoms with Crippen molar-refractivity contribution in [3.8, 4) is 17.2 Å². The Bertz CT molecular complexity index is 571. The Morgan fingerprint density at radius 3 is 2.29 bits per heavy atom. The van der Waals surface area contributed by atoms with E-state index in [0.717, 1.165) is 5.69 Å². The number of rotatable bonds is 7. The van der Waals surface area contributed by atoms with Gasteiger partial charge < -0.3 is 23.7 Å². The molecule has 0 amide bonds. The number of aromatic nitrogens is 1. The van der Waals surface area contributed by atoms with Gasteiger partial charge in [0.15, 0.2) is 6.61 Å². The summed E-state index contributed by atoms with van der Waals surface area (Å²) in [4.78, 5) is 4.29. The van der Waals surface area contributed by atoms with E-state index in [0.29, 0.717) is 35.3 Å². The third-order valence-electron chi connectivity index (χ3n) is 2.97. The number of methoxy groups -OCH3 is 2. The molecule has 0 aliphatic heterocycles. The standard InChI is InChI=1S/C15H19NO5/c1-10-14(4-5-17)16-15(21-10)9-20-13-7-11(18-2)6-12(8-13)19-3/h6-8,17H,4-5,9H2,1-3H3. The second-order valence-corrected chi connectivity index (χ2v) is 4.42. The lowest BCUT2D eigenvalue weighted by molar-refractivity contribution is 0.257. The second-order valence-electron chi connectivity index (χ2n) is 4.42. The summed E-state index contributed by atoms with van der Waals surface area (Å²) in [5, 5.41) is 8.94. The molecule has 0 aliphatic carbocycles. The molecule has 0 spiro atoms. The van der Waals surface area contributed by atoms with E-state index in [-0.39, 0.29) is 13.2 Å². The zero-order valence-electron chi connectivity index (χ0n) is 12.4. The maximum Gasteiger partial charge on any atom is 0.232 e. The molecule has 2 aromatic rings. The molecular formula is C15H19NO5. The predicted molar refractivity (Wildman–Crippen MR) is 75.9 cm³/mol. The van der Waals surface area contributed by atoms with Crippen LogP contribution in [0.15, 0.2) is 22.6 Å². The van der Waals surface area contributed by atoms with Crippen molar-refractivity contribution < 1.29 is 23.7 Å². The summed E-state index contributed by atoms with van der Waals surface area (Å²) in [6, 6.07) is 5.28. The molecule has 1 aromatic carbocycles. The van der Waals surface area contributed by atoms with Crippen LogP contribution in [0, 0.1) is 6.92 Å². The van der Waals surface area contributed by atoms with E-state index >= 15 is 0 Å². The zero-order chi connectivity index (χ0) is 15.2. The fourth-order valence-electron chi connectivity index (χ4n) is 1.90. The van der Waals surface area contributed by atoms with Gasteiger partial charge in [0, 0.05) is 31.2 Å². The summed E-state index contributed by atoms with van der Waals surface area (Å²) in [7, 11) is 3.16. The molecule has 1 heterocycles. The van der Waals surface area contributed by atoms with Crippen LogP contribution in [0.5, 0.6) is 17.2 Å². The number of benzene rings is 1. The summed E-state index contributed by atoms with van der Waals surface area (Å²) >= 11 is 0. The first-order valence-corrected chi connectivity index (χ1v) is 6.58. The van der Waals surface area contributed by atoms with E-state index in [1.165, 1.54) is 0 Å². The summed E-state index contributed by atoms with van der Waals surface area (Å²) in [5.41, 5.74) is 0.749. The molecule has 0 aliphatic rings. The Hall–Kier alpha value is -2.21. The fourth-order valence-corrected chi connectivity index (χ4v) is 1.90. The number of aryl methyl sites for hydroxylation is 1. The molecule has 0 unspecified atom stereocenters. The molecule has 6 heteroatoms. The molecule has 2 rings (SSSR count). The molecule has 21 heavy (non-hydrogen) atoms. The van der Waals surface area contributed by atoms with Gasteiger partial charge in [-0.3, -0.25) is 0 Å². The van der Waals surface area contributed by atoms with Gasteiger partial charge >= 0.3 is 0 Å². The van der Waals surface area contributed by atoms with Crippen molar-refractivity contribution in [3.05, 3.63) is 35.5 Å². The number of aliphatic hydroxyl groups is 1.